The van der Waals surface area contributed by atoms with E-state index in [1.165, 1.54) is 19.9 Å². The third-order valence-corrected chi connectivity index (χ3v) is 3.54. The quantitative estimate of drug-likeness (QED) is 0.539. The SMILES string of the molecule is COc1c(NN)ncnc1NC(C)C(=O)N1CCCCC1. The minimum Gasteiger partial charge on any atom is -0.490 e. The number of carbonyl (C=O) groups excluding carboxylic acids is 1. The maximum atomic E-state index is 12.4. The van der Waals surface area contributed by atoms with Gasteiger partial charge in [-0.2, -0.15) is 0 Å². The zero-order chi connectivity index (χ0) is 15.2. The van der Waals surface area contributed by atoms with Gasteiger partial charge in [0.1, 0.15) is 12.4 Å². The normalized spacial score (nSPS) is 16.2. The number of carbonyl (C=O) groups is 1. The Morgan fingerprint density at radius 1 is 1.33 bits per heavy atom. The predicted octanol–water partition coefficient (Wildman–Crippen LogP) is 0.584. The minimum absolute atomic E-state index is 0.0672. The Bertz CT molecular complexity index is 490. The molecule has 0 saturated carbocycles. The molecular weight excluding hydrogens is 272 g/mol. The second-order valence-electron chi connectivity index (χ2n) is 5.00. The molecule has 0 spiro atoms. The summed E-state index contributed by atoms with van der Waals surface area (Å²) in [5, 5.41) is 3.07. The summed E-state index contributed by atoms with van der Waals surface area (Å²) in [6, 6.07) is -0.391. The number of nitrogens with one attached hydrogen (secondary N) is 2. The van der Waals surface area contributed by atoms with Crippen LogP contribution in [0.1, 0.15) is 26.2 Å². The lowest BCUT2D eigenvalue weighted by Crippen LogP contribution is -2.44. The van der Waals surface area contributed by atoms with E-state index in [-0.39, 0.29) is 5.91 Å². The minimum atomic E-state index is -0.391. The first-order valence-electron chi connectivity index (χ1n) is 7.08. The summed E-state index contributed by atoms with van der Waals surface area (Å²) in [5.41, 5.74) is 2.44. The van der Waals surface area contributed by atoms with Gasteiger partial charge in [-0.25, -0.2) is 15.8 Å². The van der Waals surface area contributed by atoms with Crippen LogP contribution in [0.25, 0.3) is 0 Å². The van der Waals surface area contributed by atoms with E-state index in [0.29, 0.717) is 17.4 Å². The van der Waals surface area contributed by atoms with Crippen molar-refractivity contribution in [3.63, 3.8) is 0 Å². The Hall–Kier alpha value is -2.09. The van der Waals surface area contributed by atoms with Crippen molar-refractivity contribution in [2.45, 2.75) is 32.2 Å². The van der Waals surface area contributed by atoms with Gasteiger partial charge in [0, 0.05) is 13.1 Å². The van der Waals surface area contributed by atoms with Crippen LogP contribution in [0.3, 0.4) is 0 Å². The fraction of sp³-hybridized carbons (Fsp3) is 0.615. The first-order valence-corrected chi connectivity index (χ1v) is 7.08. The first-order chi connectivity index (χ1) is 10.2. The summed E-state index contributed by atoms with van der Waals surface area (Å²) in [5.74, 6) is 6.64. The van der Waals surface area contributed by atoms with Crippen molar-refractivity contribution in [2.75, 3.05) is 30.9 Å². The van der Waals surface area contributed by atoms with Crippen LogP contribution in [0.15, 0.2) is 6.33 Å². The summed E-state index contributed by atoms with van der Waals surface area (Å²) in [4.78, 5) is 22.4. The Morgan fingerprint density at radius 2 is 2.00 bits per heavy atom. The molecular formula is C13H22N6O2. The average Bonchev–Trinajstić information content (AvgIpc) is 2.54. The van der Waals surface area contributed by atoms with E-state index in [0.717, 1.165) is 25.9 Å². The lowest BCUT2D eigenvalue weighted by molar-refractivity contribution is -0.132. The molecule has 1 amide bonds. The molecule has 8 nitrogen and oxygen atoms in total. The maximum absolute atomic E-state index is 12.4. The van der Waals surface area contributed by atoms with Crippen LogP contribution in [-0.2, 0) is 4.79 Å². The number of methoxy groups -OCH3 is 1. The topological polar surface area (TPSA) is 105 Å². The van der Waals surface area contributed by atoms with Crippen LogP contribution in [0.2, 0.25) is 0 Å². The van der Waals surface area contributed by atoms with Crippen LogP contribution in [-0.4, -0.2) is 47.0 Å². The number of anilines is 2. The molecule has 116 valence electrons. The summed E-state index contributed by atoms with van der Waals surface area (Å²) in [7, 11) is 1.50. The van der Waals surface area contributed by atoms with Crippen LogP contribution in [0, 0.1) is 0 Å². The highest BCUT2D eigenvalue weighted by Crippen LogP contribution is 2.28. The largest absolute Gasteiger partial charge is 0.490 e. The van der Waals surface area contributed by atoms with Crippen molar-refractivity contribution in [1.82, 2.24) is 14.9 Å². The molecule has 1 aliphatic heterocycles. The van der Waals surface area contributed by atoms with Crippen LogP contribution in [0.4, 0.5) is 11.6 Å². The Labute approximate surface area is 124 Å². The molecule has 4 N–H and O–H groups in total. The number of likely N-dealkylation sites (tertiary alicyclic amines) is 1. The molecule has 1 aliphatic rings. The molecule has 0 aliphatic carbocycles. The number of rotatable bonds is 5. The number of ether oxygens (including phenoxy) is 1. The predicted molar refractivity (Wildman–Crippen MR) is 79.9 cm³/mol. The van der Waals surface area contributed by atoms with Gasteiger partial charge in [0.15, 0.2) is 11.6 Å². The molecule has 1 aromatic heterocycles. The van der Waals surface area contributed by atoms with E-state index in [1.807, 2.05) is 11.8 Å². The number of amides is 1. The van der Waals surface area contributed by atoms with Crippen molar-refractivity contribution in [2.24, 2.45) is 5.84 Å². The molecule has 21 heavy (non-hydrogen) atoms. The lowest BCUT2D eigenvalue weighted by atomic mass is 10.1. The van der Waals surface area contributed by atoms with E-state index >= 15 is 0 Å². The third kappa shape index (κ3) is 3.52. The molecule has 2 rings (SSSR count). The van der Waals surface area contributed by atoms with Crippen molar-refractivity contribution in [3.8, 4) is 5.75 Å². The van der Waals surface area contributed by atoms with Gasteiger partial charge in [-0.1, -0.05) is 0 Å². The molecule has 0 bridgehead atoms. The zero-order valence-corrected chi connectivity index (χ0v) is 12.4. The van der Waals surface area contributed by atoms with Crippen molar-refractivity contribution in [3.05, 3.63) is 6.33 Å². The molecule has 0 radical (unpaired) electrons. The lowest BCUT2D eigenvalue weighted by Gasteiger charge is -2.29. The van der Waals surface area contributed by atoms with Gasteiger partial charge in [0.05, 0.1) is 7.11 Å². The van der Waals surface area contributed by atoms with Crippen molar-refractivity contribution >= 4 is 17.5 Å². The molecule has 0 aromatic carbocycles. The second kappa shape index (κ2) is 7.07. The highest BCUT2D eigenvalue weighted by atomic mass is 16.5. The van der Waals surface area contributed by atoms with E-state index in [1.54, 1.807) is 0 Å². The van der Waals surface area contributed by atoms with Gasteiger partial charge < -0.3 is 20.4 Å². The molecule has 1 saturated heterocycles. The summed E-state index contributed by atoms with van der Waals surface area (Å²) in [6.07, 6.45) is 4.68. The van der Waals surface area contributed by atoms with Crippen molar-refractivity contribution in [1.29, 1.82) is 0 Å². The molecule has 1 fully saturated rings. The number of hydrazine groups is 1. The average molecular weight is 294 g/mol. The van der Waals surface area contributed by atoms with E-state index < -0.39 is 6.04 Å². The summed E-state index contributed by atoms with van der Waals surface area (Å²) >= 11 is 0. The Morgan fingerprint density at radius 3 is 2.62 bits per heavy atom. The van der Waals surface area contributed by atoms with Gasteiger partial charge in [-0.05, 0) is 26.2 Å². The van der Waals surface area contributed by atoms with Crippen LogP contribution < -0.4 is 21.3 Å². The zero-order valence-electron chi connectivity index (χ0n) is 12.4. The number of nitrogen functional groups attached to an aromatic ring is 1. The summed E-state index contributed by atoms with van der Waals surface area (Å²) < 4.78 is 5.24. The van der Waals surface area contributed by atoms with Gasteiger partial charge in [-0.3, -0.25) is 4.79 Å². The fourth-order valence-corrected chi connectivity index (χ4v) is 2.43. The highest BCUT2D eigenvalue weighted by Gasteiger charge is 2.23. The van der Waals surface area contributed by atoms with Crippen LogP contribution >= 0.6 is 0 Å². The van der Waals surface area contributed by atoms with Gasteiger partial charge in [-0.15, -0.1) is 0 Å². The smallest absolute Gasteiger partial charge is 0.244 e. The number of hydrogen-bond acceptors (Lipinski definition) is 7. The molecule has 1 aromatic rings. The van der Waals surface area contributed by atoms with Crippen LogP contribution in [0.5, 0.6) is 5.75 Å². The van der Waals surface area contributed by atoms with Gasteiger partial charge >= 0.3 is 0 Å². The van der Waals surface area contributed by atoms with E-state index in [4.69, 9.17) is 10.6 Å². The summed E-state index contributed by atoms with van der Waals surface area (Å²) in [6.45, 7) is 3.46. The van der Waals surface area contributed by atoms with Gasteiger partial charge in [0.25, 0.3) is 0 Å². The number of nitrogens with two attached hydrogens (primary N) is 1. The molecule has 1 atom stereocenters. The van der Waals surface area contributed by atoms with Gasteiger partial charge in [0.2, 0.25) is 11.7 Å². The highest BCUT2D eigenvalue weighted by molar-refractivity contribution is 5.84. The Kier molecular flexibility index (Phi) is 5.15. The monoisotopic (exact) mass is 294 g/mol. The Balaban J connectivity index is 2.08. The third-order valence-electron chi connectivity index (χ3n) is 3.54. The van der Waals surface area contributed by atoms with E-state index in [2.05, 4.69) is 20.7 Å². The number of hydrogen-bond donors (Lipinski definition) is 3. The second-order valence-corrected chi connectivity index (χ2v) is 5.00. The molecule has 2 heterocycles. The number of nitrogens with zero attached hydrogens (tertiary/aromatic N) is 3. The fourth-order valence-electron chi connectivity index (χ4n) is 2.43. The molecule has 1 unspecified atom stereocenters. The number of aromatic nitrogens is 2. The standard InChI is InChI=1S/C13H22N6O2/c1-9(13(20)19-6-4-3-5-7-19)17-11-10(21-2)12(18-14)16-8-15-11/h8-9H,3-7,14H2,1-2H3,(H2,15,16,17,18). The number of piperidine rings is 1. The van der Waals surface area contributed by atoms with Crippen molar-refractivity contribution < 1.29 is 9.53 Å². The first kappa shape index (κ1) is 15.3. The molecule has 8 heteroatoms. The maximum Gasteiger partial charge on any atom is 0.244 e. The van der Waals surface area contributed by atoms with E-state index in [9.17, 15) is 4.79 Å².